The molecule has 1 N–H and O–H groups in total. The largest absolute Gasteiger partial charge is 0.383 e. The molecule has 2 aromatic rings. The highest BCUT2D eigenvalue weighted by atomic mass is 14.9. The van der Waals surface area contributed by atoms with Crippen molar-refractivity contribution < 1.29 is 0 Å². The van der Waals surface area contributed by atoms with Gasteiger partial charge >= 0.3 is 0 Å². The number of nitrogens with one attached hydrogen (secondary N) is 1. The number of rotatable bonds is 4. The Morgan fingerprint density at radius 2 is 1.61 bits per heavy atom. The molecule has 0 heterocycles. The summed E-state index contributed by atoms with van der Waals surface area (Å²) in [6, 6.07) is 19.1. The van der Waals surface area contributed by atoms with Gasteiger partial charge < -0.3 is 5.32 Å². The molecule has 0 spiro atoms. The molecule has 0 bridgehead atoms. The van der Waals surface area contributed by atoms with Crippen molar-refractivity contribution >= 4 is 11.3 Å². The number of hydrogen-bond acceptors (Lipinski definition) is 1. The Kier molecular flexibility index (Phi) is 3.83. The fourth-order valence-corrected chi connectivity index (χ4v) is 1.94. The van der Waals surface area contributed by atoms with Crippen molar-refractivity contribution in [3.05, 3.63) is 72.3 Å². The highest BCUT2D eigenvalue weighted by Gasteiger charge is 2.03. The van der Waals surface area contributed by atoms with E-state index in [1.807, 2.05) is 18.2 Å². The monoisotopic (exact) mass is 237 g/mol. The van der Waals surface area contributed by atoms with Gasteiger partial charge in [0.05, 0.1) is 0 Å². The van der Waals surface area contributed by atoms with Crippen LogP contribution >= 0.6 is 0 Å². The van der Waals surface area contributed by atoms with Gasteiger partial charge in [-0.25, -0.2) is 0 Å². The molecule has 0 fully saturated rings. The van der Waals surface area contributed by atoms with Crippen molar-refractivity contribution in [1.82, 2.24) is 0 Å². The summed E-state index contributed by atoms with van der Waals surface area (Å²) in [5, 5.41) is 3.41. The van der Waals surface area contributed by atoms with Crippen LogP contribution in [-0.2, 0) is 0 Å². The van der Waals surface area contributed by atoms with Crippen LogP contribution < -0.4 is 5.32 Å². The number of benzene rings is 2. The van der Waals surface area contributed by atoms with Crippen LogP contribution in [0.4, 0.5) is 5.69 Å². The zero-order valence-electron chi connectivity index (χ0n) is 11.0. The third-order valence-electron chi connectivity index (χ3n) is 2.79. The molecule has 0 aliphatic heterocycles. The molecule has 2 aromatic carbocycles. The lowest BCUT2D eigenvalue weighted by molar-refractivity contribution is 0.899. The molecule has 1 heteroatoms. The van der Waals surface area contributed by atoms with Crippen LogP contribution in [0.2, 0.25) is 0 Å². The Hall–Kier alpha value is -2.02. The summed E-state index contributed by atoms with van der Waals surface area (Å²) < 4.78 is 0. The smallest absolute Gasteiger partial charge is 0.0348 e. The van der Waals surface area contributed by atoms with Gasteiger partial charge in [-0.1, -0.05) is 49.0 Å². The molecule has 92 valence electrons. The topological polar surface area (TPSA) is 12.0 Å². The van der Waals surface area contributed by atoms with E-state index in [9.17, 15) is 0 Å². The lowest BCUT2D eigenvalue weighted by atomic mass is 9.99. The zero-order chi connectivity index (χ0) is 13.0. The van der Waals surface area contributed by atoms with Gasteiger partial charge in [-0.15, -0.1) is 0 Å². The van der Waals surface area contributed by atoms with E-state index in [0.717, 1.165) is 16.8 Å². The lowest BCUT2D eigenvalue weighted by Crippen LogP contribution is -2.09. The van der Waals surface area contributed by atoms with Gasteiger partial charge in [0.2, 0.25) is 0 Å². The molecule has 0 atom stereocenters. The average molecular weight is 237 g/mol. The van der Waals surface area contributed by atoms with E-state index in [4.69, 9.17) is 0 Å². The molecular formula is C17H19N. The average Bonchev–Trinajstić information content (AvgIpc) is 2.38. The van der Waals surface area contributed by atoms with E-state index in [2.05, 4.69) is 62.1 Å². The molecule has 0 saturated heterocycles. The Morgan fingerprint density at radius 3 is 2.28 bits per heavy atom. The maximum Gasteiger partial charge on any atom is 0.0348 e. The number of anilines is 1. The predicted molar refractivity (Wildman–Crippen MR) is 79.8 cm³/mol. The summed E-state index contributed by atoms with van der Waals surface area (Å²) in [7, 11) is 0. The Balaban J connectivity index is 2.26. The normalized spacial score (nSPS) is 10.4. The molecule has 18 heavy (non-hydrogen) atoms. The standard InChI is InChI=1S/C17H19N/c1-13(2)18-17-11-7-10-16(12-17)14(3)15-8-5-4-6-9-15/h4-13,18H,3H2,1-2H3. The lowest BCUT2D eigenvalue weighted by Gasteiger charge is -2.12. The zero-order valence-corrected chi connectivity index (χ0v) is 11.0. The van der Waals surface area contributed by atoms with Crippen LogP contribution in [0, 0.1) is 0 Å². The van der Waals surface area contributed by atoms with Crippen molar-refractivity contribution in [2.24, 2.45) is 0 Å². The second-order valence-corrected chi connectivity index (χ2v) is 4.72. The maximum absolute atomic E-state index is 4.19. The molecule has 0 aliphatic carbocycles. The van der Waals surface area contributed by atoms with E-state index in [1.54, 1.807) is 0 Å². The molecule has 0 amide bonds. The molecule has 2 rings (SSSR count). The summed E-state index contributed by atoms with van der Waals surface area (Å²) in [6.07, 6.45) is 0. The number of hydrogen-bond donors (Lipinski definition) is 1. The second kappa shape index (κ2) is 5.54. The first-order valence-corrected chi connectivity index (χ1v) is 6.28. The minimum Gasteiger partial charge on any atom is -0.383 e. The Labute approximate surface area is 109 Å². The van der Waals surface area contributed by atoms with Crippen LogP contribution in [0.1, 0.15) is 25.0 Å². The van der Waals surface area contributed by atoms with Crippen LogP contribution in [0.15, 0.2) is 61.2 Å². The fraction of sp³-hybridized carbons (Fsp3) is 0.176. The van der Waals surface area contributed by atoms with Gasteiger partial charge in [-0.3, -0.25) is 0 Å². The maximum atomic E-state index is 4.19. The van der Waals surface area contributed by atoms with Crippen molar-refractivity contribution in [3.63, 3.8) is 0 Å². The highest BCUT2D eigenvalue weighted by molar-refractivity contribution is 5.79. The van der Waals surface area contributed by atoms with Crippen molar-refractivity contribution in [2.45, 2.75) is 19.9 Å². The van der Waals surface area contributed by atoms with Crippen LogP contribution in [-0.4, -0.2) is 6.04 Å². The van der Waals surface area contributed by atoms with Gasteiger partial charge in [0.25, 0.3) is 0 Å². The molecule has 0 radical (unpaired) electrons. The molecule has 0 aliphatic rings. The van der Waals surface area contributed by atoms with E-state index in [-0.39, 0.29) is 0 Å². The van der Waals surface area contributed by atoms with E-state index < -0.39 is 0 Å². The van der Waals surface area contributed by atoms with E-state index in [1.165, 1.54) is 5.56 Å². The quantitative estimate of drug-likeness (QED) is 0.821. The molecule has 0 aromatic heterocycles. The van der Waals surface area contributed by atoms with Crippen molar-refractivity contribution in [1.29, 1.82) is 0 Å². The minimum absolute atomic E-state index is 0.435. The van der Waals surface area contributed by atoms with Crippen LogP contribution in [0.25, 0.3) is 5.57 Å². The summed E-state index contributed by atoms with van der Waals surface area (Å²) in [5.74, 6) is 0. The van der Waals surface area contributed by atoms with E-state index in [0.29, 0.717) is 6.04 Å². The van der Waals surface area contributed by atoms with Gasteiger partial charge in [0.1, 0.15) is 0 Å². The highest BCUT2D eigenvalue weighted by Crippen LogP contribution is 2.23. The summed E-state index contributed by atoms with van der Waals surface area (Å²) >= 11 is 0. The first-order chi connectivity index (χ1) is 8.66. The first kappa shape index (κ1) is 12.4. The third-order valence-corrected chi connectivity index (χ3v) is 2.79. The second-order valence-electron chi connectivity index (χ2n) is 4.72. The summed E-state index contributed by atoms with van der Waals surface area (Å²) in [5.41, 5.74) is 4.52. The molecule has 0 saturated carbocycles. The SMILES string of the molecule is C=C(c1ccccc1)c1cccc(NC(C)C)c1. The van der Waals surface area contributed by atoms with Gasteiger partial charge in [0, 0.05) is 11.7 Å². The van der Waals surface area contributed by atoms with Gasteiger partial charge in [0.15, 0.2) is 0 Å². The Bertz CT molecular complexity index is 526. The summed E-state index contributed by atoms with van der Waals surface area (Å²) in [4.78, 5) is 0. The fourth-order valence-electron chi connectivity index (χ4n) is 1.94. The third kappa shape index (κ3) is 3.01. The Morgan fingerprint density at radius 1 is 0.944 bits per heavy atom. The van der Waals surface area contributed by atoms with Crippen LogP contribution in [0.5, 0.6) is 0 Å². The van der Waals surface area contributed by atoms with Gasteiger partial charge in [-0.05, 0) is 42.7 Å². The molecular weight excluding hydrogens is 218 g/mol. The predicted octanol–water partition coefficient (Wildman–Crippen LogP) is 4.57. The van der Waals surface area contributed by atoms with Crippen LogP contribution in [0.3, 0.4) is 0 Å². The van der Waals surface area contributed by atoms with Crippen molar-refractivity contribution in [3.8, 4) is 0 Å². The minimum atomic E-state index is 0.435. The molecule has 1 nitrogen and oxygen atoms in total. The summed E-state index contributed by atoms with van der Waals surface area (Å²) in [6.45, 7) is 8.46. The first-order valence-electron chi connectivity index (χ1n) is 6.28. The molecule has 0 unspecified atom stereocenters. The van der Waals surface area contributed by atoms with Gasteiger partial charge in [-0.2, -0.15) is 0 Å². The van der Waals surface area contributed by atoms with Crippen molar-refractivity contribution in [2.75, 3.05) is 5.32 Å². The van der Waals surface area contributed by atoms with E-state index >= 15 is 0 Å².